The van der Waals surface area contributed by atoms with Gasteiger partial charge in [-0.15, -0.1) is 0 Å². The number of nitrogens with one attached hydrogen (secondary N) is 1. The van der Waals surface area contributed by atoms with Gasteiger partial charge in [0.05, 0.1) is 17.6 Å². The largest absolute Gasteiger partial charge is 0.376 e. The number of aryl methyl sites for hydroxylation is 1. The van der Waals surface area contributed by atoms with Gasteiger partial charge < -0.3 is 10.1 Å². The van der Waals surface area contributed by atoms with E-state index in [2.05, 4.69) is 5.32 Å². The molecule has 1 aliphatic heterocycles. The van der Waals surface area contributed by atoms with Crippen LogP contribution in [-0.4, -0.2) is 44.4 Å². The van der Waals surface area contributed by atoms with Crippen molar-refractivity contribution >= 4 is 21.6 Å². The zero-order valence-corrected chi connectivity index (χ0v) is 15.6. The average molecular weight is 374 g/mol. The minimum Gasteiger partial charge on any atom is -0.376 e. The summed E-state index contributed by atoms with van der Waals surface area (Å²) < 4.78 is 32.5. The summed E-state index contributed by atoms with van der Waals surface area (Å²) in [5.74, 6) is -0.346. The third-order valence-corrected chi connectivity index (χ3v) is 6.11. The molecule has 1 atom stereocenters. The van der Waals surface area contributed by atoms with Crippen LogP contribution in [0.4, 0.5) is 5.69 Å². The molecule has 0 saturated carbocycles. The minimum absolute atomic E-state index is 0.114. The first-order chi connectivity index (χ1) is 12.4. The highest BCUT2D eigenvalue weighted by molar-refractivity contribution is 7.89. The molecule has 1 saturated heterocycles. The van der Waals surface area contributed by atoms with E-state index in [0.29, 0.717) is 30.9 Å². The van der Waals surface area contributed by atoms with Crippen molar-refractivity contribution in [3.8, 4) is 0 Å². The van der Waals surface area contributed by atoms with Gasteiger partial charge in [-0.3, -0.25) is 4.79 Å². The Labute approximate surface area is 153 Å². The molecule has 0 spiro atoms. The lowest BCUT2D eigenvalue weighted by Gasteiger charge is -2.30. The van der Waals surface area contributed by atoms with E-state index < -0.39 is 10.0 Å². The Kier molecular flexibility index (Phi) is 5.41. The number of hydrogen-bond acceptors (Lipinski definition) is 4. The Balaban J connectivity index is 1.81. The molecular formula is C19H22N2O4S. The van der Waals surface area contributed by atoms with Gasteiger partial charge in [-0.1, -0.05) is 23.8 Å². The minimum atomic E-state index is -3.66. The molecule has 0 bridgehead atoms. The third-order valence-electron chi connectivity index (χ3n) is 4.25. The fourth-order valence-corrected chi connectivity index (χ4v) is 4.34. The molecule has 1 amide bonds. The number of rotatable bonds is 4. The van der Waals surface area contributed by atoms with Crippen molar-refractivity contribution in [1.29, 1.82) is 0 Å². The molecule has 3 rings (SSSR count). The lowest BCUT2D eigenvalue weighted by Crippen LogP contribution is -2.44. The molecule has 1 fully saturated rings. The zero-order valence-electron chi connectivity index (χ0n) is 14.8. The van der Waals surface area contributed by atoms with Crippen LogP contribution < -0.4 is 5.32 Å². The van der Waals surface area contributed by atoms with Gasteiger partial charge in [-0.05, 0) is 44.2 Å². The Hall–Kier alpha value is -2.22. The van der Waals surface area contributed by atoms with E-state index in [1.165, 1.54) is 16.4 Å². The van der Waals surface area contributed by atoms with E-state index >= 15 is 0 Å². The Bertz CT molecular complexity index is 894. The van der Waals surface area contributed by atoms with Crippen molar-refractivity contribution in [2.24, 2.45) is 0 Å². The highest BCUT2D eigenvalue weighted by Crippen LogP contribution is 2.20. The zero-order chi connectivity index (χ0) is 18.7. The summed E-state index contributed by atoms with van der Waals surface area (Å²) in [4.78, 5) is 12.6. The van der Waals surface area contributed by atoms with Crippen LogP contribution in [0.1, 0.15) is 22.8 Å². The predicted octanol–water partition coefficient (Wildman–Crippen LogP) is 2.66. The second-order valence-electron chi connectivity index (χ2n) is 6.39. The van der Waals surface area contributed by atoms with Gasteiger partial charge in [0, 0.05) is 24.3 Å². The lowest BCUT2D eigenvalue weighted by molar-refractivity contribution is 0.0102. The van der Waals surface area contributed by atoms with Crippen molar-refractivity contribution in [2.45, 2.75) is 24.8 Å². The van der Waals surface area contributed by atoms with E-state index in [1.54, 1.807) is 12.1 Å². The first-order valence-corrected chi connectivity index (χ1v) is 9.90. The monoisotopic (exact) mass is 374 g/mol. The van der Waals surface area contributed by atoms with Crippen LogP contribution in [0.15, 0.2) is 53.4 Å². The van der Waals surface area contributed by atoms with Crippen LogP contribution in [0, 0.1) is 6.92 Å². The molecule has 2 aromatic carbocycles. The lowest BCUT2D eigenvalue weighted by atomic mass is 10.2. The Morgan fingerprint density at radius 2 is 1.92 bits per heavy atom. The van der Waals surface area contributed by atoms with Crippen molar-refractivity contribution < 1.29 is 17.9 Å². The SMILES string of the molecule is Cc1ccc(NC(=O)c2cccc(S(=O)(=O)N3CCOC(C)C3)c2)cc1. The standard InChI is InChI=1S/C19H22N2O4S/c1-14-6-8-17(9-7-14)20-19(22)16-4-3-5-18(12-16)26(23,24)21-10-11-25-15(2)13-21/h3-9,12,15H,10-11,13H2,1-2H3,(H,20,22). The van der Waals surface area contributed by atoms with E-state index in [-0.39, 0.29) is 16.9 Å². The van der Waals surface area contributed by atoms with Crippen LogP contribution in [0.2, 0.25) is 0 Å². The summed E-state index contributed by atoms with van der Waals surface area (Å²) in [6.45, 7) is 4.79. The van der Waals surface area contributed by atoms with Crippen LogP contribution in [0.3, 0.4) is 0 Å². The van der Waals surface area contributed by atoms with Gasteiger partial charge in [0.25, 0.3) is 5.91 Å². The summed E-state index contributed by atoms with van der Waals surface area (Å²) >= 11 is 0. The molecule has 1 N–H and O–H groups in total. The van der Waals surface area contributed by atoms with E-state index in [4.69, 9.17) is 4.74 Å². The van der Waals surface area contributed by atoms with E-state index in [0.717, 1.165) is 5.56 Å². The van der Waals surface area contributed by atoms with Gasteiger partial charge in [-0.25, -0.2) is 8.42 Å². The molecule has 0 aliphatic carbocycles. The number of ether oxygens (including phenoxy) is 1. The van der Waals surface area contributed by atoms with Crippen molar-refractivity contribution in [3.05, 3.63) is 59.7 Å². The molecule has 7 heteroatoms. The van der Waals surface area contributed by atoms with Crippen LogP contribution in [0.25, 0.3) is 0 Å². The maximum absolute atomic E-state index is 12.8. The molecule has 26 heavy (non-hydrogen) atoms. The highest BCUT2D eigenvalue weighted by atomic mass is 32.2. The van der Waals surface area contributed by atoms with Crippen LogP contribution in [0.5, 0.6) is 0 Å². The average Bonchev–Trinajstić information content (AvgIpc) is 2.63. The maximum Gasteiger partial charge on any atom is 0.255 e. The summed E-state index contributed by atoms with van der Waals surface area (Å²) in [7, 11) is -3.66. The molecule has 1 heterocycles. The third kappa shape index (κ3) is 4.12. The van der Waals surface area contributed by atoms with Crippen LogP contribution >= 0.6 is 0 Å². The second-order valence-corrected chi connectivity index (χ2v) is 8.33. The van der Waals surface area contributed by atoms with E-state index in [1.807, 2.05) is 38.1 Å². The predicted molar refractivity (Wildman–Crippen MR) is 99.7 cm³/mol. The van der Waals surface area contributed by atoms with Crippen molar-refractivity contribution in [3.63, 3.8) is 0 Å². The fraction of sp³-hybridized carbons (Fsp3) is 0.316. The normalized spacial score (nSPS) is 18.5. The smallest absolute Gasteiger partial charge is 0.255 e. The number of sulfonamides is 1. The molecular weight excluding hydrogens is 352 g/mol. The highest BCUT2D eigenvalue weighted by Gasteiger charge is 2.29. The fourth-order valence-electron chi connectivity index (χ4n) is 2.79. The summed E-state index contributed by atoms with van der Waals surface area (Å²) in [6, 6.07) is 13.5. The van der Waals surface area contributed by atoms with Gasteiger partial charge in [0.15, 0.2) is 0 Å². The molecule has 1 unspecified atom stereocenters. The second kappa shape index (κ2) is 7.57. The molecule has 0 aromatic heterocycles. The van der Waals surface area contributed by atoms with Gasteiger partial charge in [-0.2, -0.15) is 4.31 Å². The van der Waals surface area contributed by atoms with Gasteiger partial charge in [0.1, 0.15) is 0 Å². The number of anilines is 1. The summed E-state index contributed by atoms with van der Waals surface area (Å²) in [5, 5.41) is 2.78. The Morgan fingerprint density at radius 1 is 1.19 bits per heavy atom. The van der Waals surface area contributed by atoms with Gasteiger partial charge in [0.2, 0.25) is 10.0 Å². The number of carbonyl (C=O) groups excluding carboxylic acids is 1. The maximum atomic E-state index is 12.8. The quantitative estimate of drug-likeness (QED) is 0.893. The molecule has 0 radical (unpaired) electrons. The molecule has 1 aliphatic rings. The number of nitrogens with zero attached hydrogens (tertiary/aromatic N) is 1. The van der Waals surface area contributed by atoms with Gasteiger partial charge >= 0.3 is 0 Å². The number of morpholine rings is 1. The number of benzene rings is 2. The molecule has 138 valence electrons. The summed E-state index contributed by atoms with van der Waals surface area (Å²) in [6.07, 6.45) is -0.147. The van der Waals surface area contributed by atoms with Crippen molar-refractivity contribution in [2.75, 3.05) is 25.0 Å². The summed E-state index contributed by atoms with van der Waals surface area (Å²) in [5.41, 5.74) is 2.06. The topological polar surface area (TPSA) is 75.7 Å². The molecule has 2 aromatic rings. The van der Waals surface area contributed by atoms with Crippen molar-refractivity contribution in [1.82, 2.24) is 4.31 Å². The Morgan fingerprint density at radius 3 is 2.62 bits per heavy atom. The first-order valence-electron chi connectivity index (χ1n) is 8.46. The number of amides is 1. The first kappa shape index (κ1) is 18.6. The van der Waals surface area contributed by atoms with Crippen LogP contribution in [-0.2, 0) is 14.8 Å². The number of hydrogen-bond donors (Lipinski definition) is 1. The number of carbonyl (C=O) groups is 1. The molecule has 6 nitrogen and oxygen atoms in total. The van der Waals surface area contributed by atoms with E-state index in [9.17, 15) is 13.2 Å².